The molecule has 1 fully saturated rings. The van der Waals surface area contributed by atoms with Gasteiger partial charge in [-0.15, -0.1) is 11.3 Å². The van der Waals surface area contributed by atoms with E-state index in [1.54, 1.807) is 11.3 Å². The molecule has 1 aliphatic rings. The number of likely N-dealkylation sites (N-methyl/N-ethyl adjacent to an activating group) is 1. The molecule has 0 atom stereocenters. The summed E-state index contributed by atoms with van der Waals surface area (Å²) in [4.78, 5) is 15.5. The minimum Gasteiger partial charge on any atom is -0.480 e. The Morgan fingerprint density at radius 1 is 1.50 bits per heavy atom. The van der Waals surface area contributed by atoms with Gasteiger partial charge in [-0.3, -0.25) is 14.4 Å². The fourth-order valence-electron chi connectivity index (χ4n) is 3.15. The highest BCUT2D eigenvalue weighted by atomic mass is 32.1. The Labute approximate surface area is 146 Å². The van der Waals surface area contributed by atoms with Gasteiger partial charge in [0.05, 0.1) is 12.7 Å². The Bertz CT molecular complexity index is 690. The van der Waals surface area contributed by atoms with Crippen molar-refractivity contribution in [1.29, 1.82) is 0 Å². The fraction of sp³-hybridized carbons (Fsp3) is 0.529. The average Bonchev–Trinajstić information content (AvgIpc) is 3.12. The number of nitrogens with zero attached hydrogens (tertiary/aromatic N) is 3. The SMILES string of the molecule is CCN(CC(=O)O)C1CC(NCc2ccc(-c3cnn(C)c3)s2)C1. The Balaban J connectivity index is 1.45. The van der Waals surface area contributed by atoms with Gasteiger partial charge < -0.3 is 10.4 Å². The second-order valence-corrected chi connectivity index (χ2v) is 7.50. The summed E-state index contributed by atoms with van der Waals surface area (Å²) in [5, 5.41) is 16.7. The van der Waals surface area contributed by atoms with E-state index < -0.39 is 5.97 Å². The highest BCUT2D eigenvalue weighted by molar-refractivity contribution is 7.15. The van der Waals surface area contributed by atoms with Crippen LogP contribution in [0, 0.1) is 0 Å². The van der Waals surface area contributed by atoms with Crippen molar-refractivity contribution in [3.05, 3.63) is 29.4 Å². The number of hydrogen-bond donors (Lipinski definition) is 2. The number of carboxylic acids is 1. The van der Waals surface area contributed by atoms with E-state index in [-0.39, 0.29) is 6.54 Å². The molecule has 0 aromatic carbocycles. The van der Waals surface area contributed by atoms with Gasteiger partial charge in [-0.25, -0.2) is 0 Å². The molecule has 7 heteroatoms. The third kappa shape index (κ3) is 4.03. The van der Waals surface area contributed by atoms with Gasteiger partial charge in [0.15, 0.2) is 0 Å². The van der Waals surface area contributed by atoms with Crippen LogP contribution < -0.4 is 5.32 Å². The molecule has 2 heterocycles. The van der Waals surface area contributed by atoms with E-state index in [0.29, 0.717) is 12.1 Å². The molecule has 1 saturated carbocycles. The summed E-state index contributed by atoms with van der Waals surface area (Å²) < 4.78 is 1.82. The summed E-state index contributed by atoms with van der Waals surface area (Å²) >= 11 is 1.79. The Kier molecular flexibility index (Phi) is 5.33. The first-order valence-corrected chi connectivity index (χ1v) is 9.13. The standard InChI is InChI=1S/C17H24N4O2S/c1-3-21(11-17(22)23)14-6-13(7-14)18-9-15-4-5-16(24-15)12-8-19-20(2)10-12/h4-5,8,10,13-14,18H,3,6-7,9,11H2,1-2H3,(H,22,23). The molecular weight excluding hydrogens is 324 g/mol. The summed E-state index contributed by atoms with van der Waals surface area (Å²) in [7, 11) is 1.93. The van der Waals surface area contributed by atoms with E-state index in [1.807, 2.05) is 35.9 Å². The van der Waals surface area contributed by atoms with Gasteiger partial charge in [-0.05, 0) is 31.5 Å². The number of carboxylic acid groups (broad SMARTS) is 1. The molecule has 0 amide bonds. The molecule has 3 rings (SSSR count). The van der Waals surface area contributed by atoms with Crippen LogP contribution in [0.25, 0.3) is 10.4 Å². The molecule has 1 aliphatic carbocycles. The summed E-state index contributed by atoms with van der Waals surface area (Å²) in [6.45, 7) is 3.83. The Hall–Kier alpha value is -1.70. The van der Waals surface area contributed by atoms with Crippen LogP contribution in [0.15, 0.2) is 24.5 Å². The van der Waals surface area contributed by atoms with Crippen LogP contribution in [-0.2, 0) is 18.4 Å². The van der Waals surface area contributed by atoms with Crippen LogP contribution in [0.2, 0.25) is 0 Å². The summed E-state index contributed by atoms with van der Waals surface area (Å²) in [6.07, 6.45) is 5.98. The quantitative estimate of drug-likeness (QED) is 0.765. The van der Waals surface area contributed by atoms with Crippen molar-refractivity contribution in [3.8, 4) is 10.4 Å². The molecule has 0 unspecified atom stereocenters. The number of aliphatic carboxylic acids is 1. The predicted octanol–water partition coefficient (Wildman–Crippen LogP) is 2.18. The molecule has 130 valence electrons. The molecule has 2 aromatic heterocycles. The zero-order chi connectivity index (χ0) is 17.1. The van der Waals surface area contributed by atoms with Crippen molar-refractivity contribution in [3.63, 3.8) is 0 Å². The van der Waals surface area contributed by atoms with Crippen LogP contribution in [-0.4, -0.2) is 50.9 Å². The van der Waals surface area contributed by atoms with Gasteiger partial charge in [0.25, 0.3) is 0 Å². The number of rotatable bonds is 8. The maximum Gasteiger partial charge on any atom is 0.317 e. The largest absolute Gasteiger partial charge is 0.480 e. The predicted molar refractivity (Wildman–Crippen MR) is 95.1 cm³/mol. The van der Waals surface area contributed by atoms with Gasteiger partial charge >= 0.3 is 5.97 Å². The highest BCUT2D eigenvalue weighted by Crippen LogP contribution is 2.29. The minimum atomic E-state index is -0.741. The number of hydrogen-bond acceptors (Lipinski definition) is 5. The number of carbonyl (C=O) groups is 1. The molecule has 6 nitrogen and oxygen atoms in total. The van der Waals surface area contributed by atoms with Crippen molar-refractivity contribution in [2.75, 3.05) is 13.1 Å². The zero-order valence-electron chi connectivity index (χ0n) is 14.1. The molecule has 24 heavy (non-hydrogen) atoms. The second-order valence-electron chi connectivity index (χ2n) is 6.33. The average molecular weight is 348 g/mol. The van der Waals surface area contributed by atoms with Crippen LogP contribution >= 0.6 is 11.3 Å². The maximum atomic E-state index is 10.9. The van der Waals surface area contributed by atoms with Crippen molar-refractivity contribution in [1.82, 2.24) is 20.0 Å². The zero-order valence-corrected chi connectivity index (χ0v) is 14.9. The highest BCUT2D eigenvalue weighted by Gasteiger charge is 2.33. The topological polar surface area (TPSA) is 70.4 Å². The maximum absolute atomic E-state index is 10.9. The smallest absolute Gasteiger partial charge is 0.317 e. The van der Waals surface area contributed by atoms with Crippen molar-refractivity contribution in [2.45, 2.75) is 38.4 Å². The fourth-order valence-corrected chi connectivity index (χ4v) is 4.08. The first-order chi connectivity index (χ1) is 11.5. The second kappa shape index (κ2) is 7.46. The van der Waals surface area contributed by atoms with Crippen molar-refractivity contribution >= 4 is 17.3 Å². The molecule has 0 aliphatic heterocycles. The van der Waals surface area contributed by atoms with Crippen LogP contribution in [0.1, 0.15) is 24.6 Å². The van der Waals surface area contributed by atoms with Crippen LogP contribution in [0.4, 0.5) is 0 Å². The van der Waals surface area contributed by atoms with Gasteiger partial charge in [-0.2, -0.15) is 5.10 Å². The molecule has 2 aromatic rings. The Morgan fingerprint density at radius 2 is 2.29 bits per heavy atom. The van der Waals surface area contributed by atoms with E-state index in [9.17, 15) is 4.79 Å². The summed E-state index contributed by atoms with van der Waals surface area (Å²) in [5.74, 6) is -0.741. The normalized spacial score (nSPS) is 20.3. The van der Waals surface area contributed by atoms with E-state index in [2.05, 4.69) is 22.5 Å². The molecule has 0 saturated heterocycles. The van der Waals surface area contributed by atoms with E-state index in [0.717, 1.165) is 31.5 Å². The van der Waals surface area contributed by atoms with Gasteiger partial charge in [0, 0.05) is 47.2 Å². The van der Waals surface area contributed by atoms with E-state index in [1.165, 1.54) is 9.75 Å². The first kappa shape index (κ1) is 17.1. The van der Waals surface area contributed by atoms with Gasteiger partial charge in [-0.1, -0.05) is 6.92 Å². The van der Waals surface area contributed by atoms with Crippen molar-refractivity contribution < 1.29 is 9.90 Å². The lowest BCUT2D eigenvalue weighted by Crippen LogP contribution is -2.53. The van der Waals surface area contributed by atoms with Crippen molar-refractivity contribution in [2.24, 2.45) is 7.05 Å². The molecule has 0 radical (unpaired) electrons. The monoisotopic (exact) mass is 348 g/mol. The third-order valence-electron chi connectivity index (χ3n) is 4.59. The molecule has 0 bridgehead atoms. The molecule has 0 spiro atoms. The molecule has 2 N–H and O–H groups in total. The lowest BCUT2D eigenvalue weighted by atomic mass is 9.85. The lowest BCUT2D eigenvalue weighted by molar-refractivity contribution is -0.139. The molecular formula is C17H24N4O2S. The first-order valence-electron chi connectivity index (χ1n) is 8.32. The van der Waals surface area contributed by atoms with Crippen LogP contribution in [0.5, 0.6) is 0 Å². The Morgan fingerprint density at radius 3 is 2.92 bits per heavy atom. The van der Waals surface area contributed by atoms with Gasteiger partial charge in [0.2, 0.25) is 0 Å². The number of thiophene rings is 1. The third-order valence-corrected chi connectivity index (χ3v) is 5.72. The minimum absolute atomic E-state index is 0.146. The van der Waals surface area contributed by atoms with Crippen LogP contribution in [0.3, 0.4) is 0 Å². The van der Waals surface area contributed by atoms with E-state index >= 15 is 0 Å². The van der Waals surface area contributed by atoms with E-state index in [4.69, 9.17) is 5.11 Å². The number of nitrogens with one attached hydrogen (secondary N) is 1. The lowest BCUT2D eigenvalue weighted by Gasteiger charge is -2.42. The number of aryl methyl sites for hydroxylation is 1. The van der Waals surface area contributed by atoms with Gasteiger partial charge in [0.1, 0.15) is 0 Å². The number of aromatic nitrogens is 2. The summed E-state index contributed by atoms with van der Waals surface area (Å²) in [6, 6.07) is 5.20. The summed E-state index contributed by atoms with van der Waals surface area (Å²) in [5.41, 5.74) is 1.16.